The molecule has 12 heavy (non-hydrogen) atoms. The van der Waals surface area contributed by atoms with Crippen molar-refractivity contribution in [3.8, 4) is 0 Å². The molecular weight excluding hydrogens is 302 g/mol. The van der Waals surface area contributed by atoms with Gasteiger partial charge in [-0.1, -0.05) is 0 Å². The molecule has 0 aromatic carbocycles. The third kappa shape index (κ3) is 1.73. The maximum absolute atomic E-state index is 11.8. The van der Waals surface area contributed by atoms with Gasteiger partial charge in [-0.2, -0.15) is 0 Å². The minimum absolute atomic E-state index is 0.338. The Hall–Kier alpha value is 0.149. The Morgan fingerprint density at radius 2 is 1.50 bits per heavy atom. The molecule has 4 heteroatoms. The molecule has 0 saturated heterocycles. The van der Waals surface area contributed by atoms with Crippen molar-refractivity contribution >= 4 is 39.8 Å². The van der Waals surface area contributed by atoms with Gasteiger partial charge in [0.15, 0.2) is 0 Å². The molecule has 2 heterocycles. The predicted octanol–water partition coefficient (Wildman–Crippen LogP) is 0.967. The first-order valence-corrected chi connectivity index (χ1v) is 8.21. The first-order valence-electron chi connectivity index (χ1n) is 3.37. The SMILES string of the molecule is O=S(c1ccc[se]1)c1ccc[se]1. The molecule has 0 spiro atoms. The molecule has 0 aliphatic rings. The molecule has 0 bridgehead atoms. The first kappa shape index (κ1) is 8.73. The van der Waals surface area contributed by atoms with Crippen molar-refractivity contribution in [3.63, 3.8) is 0 Å². The average molecular weight is 308 g/mol. The summed E-state index contributed by atoms with van der Waals surface area (Å²) in [5.41, 5.74) is 0. The molecule has 0 unspecified atom stereocenters. The van der Waals surface area contributed by atoms with Crippen molar-refractivity contribution < 1.29 is 4.21 Å². The third-order valence-electron chi connectivity index (χ3n) is 1.36. The summed E-state index contributed by atoms with van der Waals surface area (Å²) in [4.78, 5) is 4.21. The zero-order valence-corrected chi connectivity index (χ0v) is 10.3. The van der Waals surface area contributed by atoms with E-state index in [0.29, 0.717) is 29.0 Å². The van der Waals surface area contributed by atoms with Crippen LogP contribution in [0.3, 0.4) is 0 Å². The monoisotopic (exact) mass is 310 g/mol. The van der Waals surface area contributed by atoms with Gasteiger partial charge in [0.2, 0.25) is 0 Å². The number of rotatable bonds is 2. The maximum atomic E-state index is 11.8. The Kier molecular flexibility index (Phi) is 2.84. The second-order valence-electron chi connectivity index (χ2n) is 2.13. The predicted molar refractivity (Wildman–Crippen MR) is 51.4 cm³/mol. The van der Waals surface area contributed by atoms with Gasteiger partial charge >= 0.3 is 85.7 Å². The van der Waals surface area contributed by atoms with Gasteiger partial charge < -0.3 is 0 Å². The normalized spacial score (nSPS) is 10.8. The van der Waals surface area contributed by atoms with Crippen LogP contribution in [0, 0.1) is 0 Å². The fourth-order valence-electron chi connectivity index (χ4n) is 0.837. The summed E-state index contributed by atoms with van der Waals surface area (Å²) in [7, 11) is -0.818. The van der Waals surface area contributed by atoms with E-state index in [-0.39, 0.29) is 0 Å². The van der Waals surface area contributed by atoms with Crippen LogP contribution in [0.15, 0.2) is 41.7 Å². The van der Waals surface area contributed by atoms with Crippen LogP contribution in [-0.4, -0.2) is 33.2 Å². The summed E-state index contributed by atoms with van der Waals surface area (Å²) in [6.07, 6.45) is 0. The molecule has 0 fully saturated rings. The quantitative estimate of drug-likeness (QED) is 0.756. The van der Waals surface area contributed by atoms with E-state index in [1.165, 1.54) is 0 Å². The van der Waals surface area contributed by atoms with Crippen LogP contribution >= 0.6 is 0 Å². The van der Waals surface area contributed by atoms with E-state index >= 15 is 0 Å². The Bertz CT molecular complexity index is 327. The van der Waals surface area contributed by atoms with Crippen molar-refractivity contribution in [1.29, 1.82) is 0 Å². The topological polar surface area (TPSA) is 17.1 Å². The molecule has 62 valence electrons. The molecule has 1 nitrogen and oxygen atoms in total. The Morgan fingerprint density at radius 3 is 1.83 bits per heavy atom. The van der Waals surface area contributed by atoms with Crippen LogP contribution in [0.5, 0.6) is 0 Å². The zero-order valence-electron chi connectivity index (χ0n) is 6.10. The van der Waals surface area contributed by atoms with Gasteiger partial charge in [0.1, 0.15) is 0 Å². The van der Waals surface area contributed by atoms with Gasteiger partial charge in [0.25, 0.3) is 0 Å². The van der Waals surface area contributed by atoms with Crippen LogP contribution in [0.1, 0.15) is 0 Å². The summed E-state index contributed by atoms with van der Waals surface area (Å²) >= 11 is 0.675. The van der Waals surface area contributed by atoms with E-state index in [9.17, 15) is 4.21 Å². The second-order valence-corrected chi connectivity index (χ2v) is 8.69. The van der Waals surface area contributed by atoms with Crippen molar-refractivity contribution in [3.05, 3.63) is 34.1 Å². The third-order valence-corrected chi connectivity index (χ3v) is 8.04. The van der Waals surface area contributed by atoms with Crippen molar-refractivity contribution in [2.24, 2.45) is 0 Å². The van der Waals surface area contributed by atoms with E-state index in [2.05, 4.69) is 9.88 Å². The van der Waals surface area contributed by atoms with Crippen molar-refractivity contribution in [2.45, 2.75) is 7.54 Å². The first-order chi connectivity index (χ1) is 5.88. The molecule has 0 aliphatic carbocycles. The van der Waals surface area contributed by atoms with Crippen LogP contribution in [0.4, 0.5) is 0 Å². The molecular formula is C8H6OSSe2. The number of hydrogen-bond acceptors (Lipinski definition) is 1. The number of hydrogen-bond donors (Lipinski definition) is 0. The molecule has 0 radical (unpaired) electrons. The van der Waals surface area contributed by atoms with Crippen LogP contribution < -0.4 is 0 Å². The van der Waals surface area contributed by atoms with E-state index in [1.54, 1.807) is 0 Å². The summed E-state index contributed by atoms with van der Waals surface area (Å²) in [5, 5.41) is 0. The van der Waals surface area contributed by atoms with Gasteiger partial charge in [-0.3, -0.25) is 0 Å². The molecule has 0 N–H and O–H groups in total. The Morgan fingerprint density at radius 1 is 1.00 bits per heavy atom. The molecule has 0 aliphatic heterocycles. The van der Waals surface area contributed by atoms with E-state index < -0.39 is 10.8 Å². The zero-order chi connectivity index (χ0) is 8.39. The standard InChI is InChI=1S/C8H6OSSe2/c9-10(7-3-1-5-11-7)8-4-2-6-12-8/h1-6H. The van der Waals surface area contributed by atoms with Gasteiger partial charge in [0, 0.05) is 0 Å². The van der Waals surface area contributed by atoms with Gasteiger partial charge in [-0.25, -0.2) is 0 Å². The van der Waals surface area contributed by atoms with E-state index in [0.717, 1.165) is 7.54 Å². The van der Waals surface area contributed by atoms with Gasteiger partial charge in [0.05, 0.1) is 0 Å². The van der Waals surface area contributed by atoms with Gasteiger partial charge in [-0.15, -0.1) is 0 Å². The van der Waals surface area contributed by atoms with Gasteiger partial charge in [-0.05, 0) is 0 Å². The fraction of sp³-hybridized carbons (Fsp3) is 0. The van der Waals surface area contributed by atoms with Crippen LogP contribution in [0.2, 0.25) is 0 Å². The summed E-state index contributed by atoms with van der Waals surface area (Å²) in [6, 6.07) is 7.99. The molecule has 0 saturated carbocycles. The van der Waals surface area contributed by atoms with Crippen molar-refractivity contribution in [2.75, 3.05) is 0 Å². The Labute approximate surface area is 85.4 Å². The molecule has 2 aromatic heterocycles. The summed E-state index contributed by atoms with van der Waals surface area (Å²) < 4.78 is 14.0. The van der Waals surface area contributed by atoms with Crippen LogP contribution in [-0.2, 0) is 10.8 Å². The average Bonchev–Trinajstić information content (AvgIpc) is 2.77. The fourth-order valence-corrected chi connectivity index (χ4v) is 7.11. The molecule has 0 amide bonds. The van der Waals surface area contributed by atoms with E-state index in [4.69, 9.17) is 0 Å². The second kappa shape index (κ2) is 3.90. The molecule has 0 atom stereocenters. The molecule has 2 rings (SSSR count). The Balaban J connectivity index is 2.34. The summed E-state index contributed by atoms with van der Waals surface area (Å²) in [6.45, 7) is 0. The summed E-state index contributed by atoms with van der Waals surface area (Å²) in [5.74, 6) is 0. The minimum atomic E-state index is -0.818. The van der Waals surface area contributed by atoms with Crippen LogP contribution in [0.25, 0.3) is 0 Å². The van der Waals surface area contributed by atoms with E-state index in [1.807, 2.05) is 24.3 Å². The molecule has 2 aromatic rings. The van der Waals surface area contributed by atoms with Crippen molar-refractivity contribution in [1.82, 2.24) is 0 Å².